The standard InChI is InChI=1S/C16H20O/c1-4-5-6-14-9-13-8-7-12(11(2)3)10-15(13)16(14)17/h4-5,7-8,10-11,14H,6,9H2,1-3H3/t14-/m0/s1. The Kier molecular flexibility index (Phi) is 3.46. The molecule has 17 heavy (non-hydrogen) atoms. The summed E-state index contributed by atoms with van der Waals surface area (Å²) < 4.78 is 0. The molecule has 0 fully saturated rings. The van der Waals surface area contributed by atoms with E-state index in [0.717, 1.165) is 18.4 Å². The van der Waals surface area contributed by atoms with Crippen LogP contribution in [0.5, 0.6) is 0 Å². The van der Waals surface area contributed by atoms with E-state index in [-0.39, 0.29) is 5.92 Å². The zero-order valence-corrected chi connectivity index (χ0v) is 10.9. The summed E-state index contributed by atoms with van der Waals surface area (Å²) in [5.74, 6) is 0.992. The van der Waals surface area contributed by atoms with Crippen LogP contribution in [0.2, 0.25) is 0 Å². The van der Waals surface area contributed by atoms with E-state index in [4.69, 9.17) is 0 Å². The molecule has 1 aromatic carbocycles. The van der Waals surface area contributed by atoms with Crippen molar-refractivity contribution < 1.29 is 4.79 Å². The molecule has 1 atom stereocenters. The van der Waals surface area contributed by atoms with E-state index in [1.807, 2.05) is 13.0 Å². The molecular formula is C16H20O. The summed E-state index contributed by atoms with van der Waals surface area (Å²) in [5, 5.41) is 0. The van der Waals surface area contributed by atoms with Crippen molar-refractivity contribution >= 4 is 5.78 Å². The highest BCUT2D eigenvalue weighted by Crippen LogP contribution is 2.31. The Morgan fingerprint density at radius 2 is 2.18 bits per heavy atom. The number of allylic oxidation sites excluding steroid dienone is 2. The normalized spacial score (nSPS) is 19.3. The predicted molar refractivity (Wildman–Crippen MR) is 71.5 cm³/mol. The van der Waals surface area contributed by atoms with Crippen LogP contribution < -0.4 is 0 Å². The molecule has 0 unspecified atom stereocenters. The van der Waals surface area contributed by atoms with E-state index in [0.29, 0.717) is 11.7 Å². The highest BCUT2D eigenvalue weighted by molar-refractivity contribution is 6.02. The number of hydrogen-bond acceptors (Lipinski definition) is 1. The molecule has 0 aliphatic heterocycles. The van der Waals surface area contributed by atoms with Gasteiger partial charge in [-0.3, -0.25) is 4.79 Å². The fourth-order valence-electron chi connectivity index (χ4n) is 2.43. The molecule has 0 radical (unpaired) electrons. The lowest BCUT2D eigenvalue weighted by atomic mass is 9.98. The molecule has 1 aliphatic rings. The summed E-state index contributed by atoms with van der Waals surface area (Å²) in [6.07, 6.45) is 5.91. The van der Waals surface area contributed by atoms with Crippen molar-refractivity contribution in [2.75, 3.05) is 0 Å². The monoisotopic (exact) mass is 228 g/mol. The average molecular weight is 228 g/mol. The molecule has 0 spiro atoms. The summed E-state index contributed by atoms with van der Waals surface area (Å²) in [6.45, 7) is 6.33. The fourth-order valence-corrected chi connectivity index (χ4v) is 2.43. The number of Topliss-reactive ketones (excluding diaryl/α,β-unsaturated/α-hetero) is 1. The molecule has 0 heterocycles. The van der Waals surface area contributed by atoms with Crippen molar-refractivity contribution in [1.82, 2.24) is 0 Å². The van der Waals surface area contributed by atoms with Crippen molar-refractivity contribution in [3.8, 4) is 0 Å². The number of ketones is 1. The van der Waals surface area contributed by atoms with Gasteiger partial charge in [-0.1, -0.05) is 38.1 Å². The predicted octanol–water partition coefficient (Wildman–Crippen LogP) is 4.13. The van der Waals surface area contributed by atoms with Gasteiger partial charge < -0.3 is 0 Å². The van der Waals surface area contributed by atoms with Gasteiger partial charge >= 0.3 is 0 Å². The molecular weight excluding hydrogens is 208 g/mol. The molecule has 1 aromatic rings. The van der Waals surface area contributed by atoms with Gasteiger partial charge in [0, 0.05) is 11.5 Å². The highest BCUT2D eigenvalue weighted by Gasteiger charge is 2.29. The fraction of sp³-hybridized carbons (Fsp3) is 0.438. The lowest BCUT2D eigenvalue weighted by molar-refractivity contribution is 0.0938. The van der Waals surface area contributed by atoms with Gasteiger partial charge in [-0.05, 0) is 42.9 Å². The molecule has 0 bridgehead atoms. The van der Waals surface area contributed by atoms with E-state index in [2.05, 4.69) is 38.1 Å². The Labute approximate surface area is 104 Å². The minimum Gasteiger partial charge on any atom is -0.294 e. The largest absolute Gasteiger partial charge is 0.294 e. The summed E-state index contributed by atoms with van der Waals surface area (Å²) in [7, 11) is 0. The molecule has 90 valence electrons. The Hall–Kier alpha value is -1.37. The SMILES string of the molecule is CC=CC[C@H]1Cc2ccc(C(C)C)cc2C1=O. The molecule has 0 saturated heterocycles. The zero-order valence-electron chi connectivity index (χ0n) is 10.9. The van der Waals surface area contributed by atoms with Gasteiger partial charge in [0.2, 0.25) is 0 Å². The maximum Gasteiger partial charge on any atom is 0.166 e. The highest BCUT2D eigenvalue weighted by atomic mass is 16.1. The van der Waals surface area contributed by atoms with Crippen molar-refractivity contribution in [1.29, 1.82) is 0 Å². The molecule has 0 saturated carbocycles. The minimum absolute atomic E-state index is 0.170. The van der Waals surface area contributed by atoms with Crippen molar-refractivity contribution in [2.45, 2.75) is 39.5 Å². The van der Waals surface area contributed by atoms with Crippen LogP contribution in [0.1, 0.15) is 54.6 Å². The third kappa shape index (κ3) is 2.33. The number of hydrogen-bond donors (Lipinski definition) is 0. The average Bonchev–Trinajstić information content (AvgIpc) is 2.63. The second kappa shape index (κ2) is 4.87. The number of carbonyl (C=O) groups is 1. The molecule has 1 heteroatoms. The Balaban J connectivity index is 2.26. The summed E-state index contributed by atoms with van der Waals surface area (Å²) in [6, 6.07) is 6.39. The number of fused-ring (bicyclic) bond motifs is 1. The number of carbonyl (C=O) groups excluding carboxylic acids is 1. The molecule has 0 aromatic heterocycles. The summed E-state index contributed by atoms with van der Waals surface area (Å²) in [5.41, 5.74) is 3.46. The van der Waals surface area contributed by atoms with Crippen molar-refractivity contribution in [3.05, 3.63) is 47.0 Å². The van der Waals surface area contributed by atoms with Crippen LogP contribution in [-0.4, -0.2) is 5.78 Å². The number of benzene rings is 1. The first-order chi connectivity index (χ1) is 8.13. The van der Waals surface area contributed by atoms with E-state index in [1.165, 1.54) is 11.1 Å². The van der Waals surface area contributed by atoms with Gasteiger partial charge in [0.25, 0.3) is 0 Å². The third-order valence-corrected chi connectivity index (χ3v) is 3.56. The first-order valence-electron chi connectivity index (χ1n) is 6.41. The van der Waals surface area contributed by atoms with E-state index in [9.17, 15) is 4.79 Å². The molecule has 0 amide bonds. The van der Waals surface area contributed by atoms with Crippen LogP contribution in [0.15, 0.2) is 30.4 Å². The molecule has 2 rings (SSSR count). The Morgan fingerprint density at radius 1 is 1.41 bits per heavy atom. The second-order valence-corrected chi connectivity index (χ2v) is 5.14. The van der Waals surface area contributed by atoms with Gasteiger partial charge in [-0.15, -0.1) is 0 Å². The minimum atomic E-state index is 0.170. The van der Waals surface area contributed by atoms with Crippen LogP contribution >= 0.6 is 0 Å². The lowest BCUT2D eigenvalue weighted by Crippen LogP contribution is -2.07. The van der Waals surface area contributed by atoms with Gasteiger partial charge in [-0.25, -0.2) is 0 Å². The zero-order chi connectivity index (χ0) is 12.4. The van der Waals surface area contributed by atoms with Gasteiger partial charge in [0.15, 0.2) is 5.78 Å². The van der Waals surface area contributed by atoms with E-state index in [1.54, 1.807) is 0 Å². The van der Waals surface area contributed by atoms with E-state index < -0.39 is 0 Å². The maximum atomic E-state index is 12.2. The topological polar surface area (TPSA) is 17.1 Å². The summed E-state index contributed by atoms with van der Waals surface area (Å²) >= 11 is 0. The summed E-state index contributed by atoms with van der Waals surface area (Å²) in [4.78, 5) is 12.2. The van der Waals surface area contributed by atoms with Crippen LogP contribution in [0.25, 0.3) is 0 Å². The van der Waals surface area contributed by atoms with Crippen LogP contribution in [0, 0.1) is 5.92 Å². The quantitative estimate of drug-likeness (QED) is 0.711. The first kappa shape index (κ1) is 12.1. The first-order valence-corrected chi connectivity index (χ1v) is 6.41. The van der Waals surface area contributed by atoms with Gasteiger partial charge in [-0.2, -0.15) is 0 Å². The van der Waals surface area contributed by atoms with E-state index >= 15 is 0 Å². The Morgan fingerprint density at radius 3 is 2.82 bits per heavy atom. The van der Waals surface area contributed by atoms with Crippen molar-refractivity contribution in [2.24, 2.45) is 5.92 Å². The maximum absolute atomic E-state index is 12.2. The third-order valence-electron chi connectivity index (χ3n) is 3.56. The smallest absolute Gasteiger partial charge is 0.166 e. The van der Waals surface area contributed by atoms with Crippen molar-refractivity contribution in [3.63, 3.8) is 0 Å². The second-order valence-electron chi connectivity index (χ2n) is 5.14. The Bertz CT molecular complexity index is 455. The van der Waals surface area contributed by atoms with Crippen LogP contribution in [0.3, 0.4) is 0 Å². The molecule has 0 N–H and O–H groups in total. The molecule has 1 aliphatic carbocycles. The van der Waals surface area contributed by atoms with Crippen LogP contribution in [-0.2, 0) is 6.42 Å². The van der Waals surface area contributed by atoms with Crippen LogP contribution in [0.4, 0.5) is 0 Å². The lowest BCUT2D eigenvalue weighted by Gasteiger charge is -2.06. The molecule has 1 nitrogen and oxygen atoms in total. The number of rotatable bonds is 3. The van der Waals surface area contributed by atoms with Gasteiger partial charge in [0.05, 0.1) is 0 Å². The van der Waals surface area contributed by atoms with Gasteiger partial charge in [0.1, 0.15) is 0 Å².